The fraction of sp³-hybridized carbons (Fsp3) is 0.750. The van der Waals surface area contributed by atoms with E-state index in [1.165, 1.54) is 5.57 Å². The summed E-state index contributed by atoms with van der Waals surface area (Å²) >= 11 is 0. The molecule has 0 heterocycles. The zero-order chi connectivity index (χ0) is 10.5. The monoisotopic (exact) mass is 182 g/mol. The van der Waals surface area contributed by atoms with Gasteiger partial charge in [-0.25, -0.2) is 0 Å². The van der Waals surface area contributed by atoms with Crippen LogP contribution in [0.1, 0.15) is 47.0 Å². The van der Waals surface area contributed by atoms with Gasteiger partial charge in [0.2, 0.25) is 0 Å². The summed E-state index contributed by atoms with van der Waals surface area (Å²) in [5, 5.41) is 0. The standard InChI is InChI=1S/C12H22O/c1-10(2)8-12(4,5)7-6-11(3)9-13/h9,11H,1,6-8H2,2-5H3. The van der Waals surface area contributed by atoms with Gasteiger partial charge in [0.15, 0.2) is 0 Å². The topological polar surface area (TPSA) is 17.1 Å². The van der Waals surface area contributed by atoms with E-state index in [0.717, 1.165) is 25.5 Å². The molecule has 1 heteroatoms. The molecule has 0 radical (unpaired) electrons. The largest absolute Gasteiger partial charge is 0.303 e. The summed E-state index contributed by atoms with van der Waals surface area (Å²) in [4.78, 5) is 10.4. The van der Waals surface area contributed by atoms with Crippen LogP contribution in [0.2, 0.25) is 0 Å². The Morgan fingerprint density at radius 2 is 2.08 bits per heavy atom. The molecule has 0 rings (SSSR count). The molecule has 1 nitrogen and oxygen atoms in total. The van der Waals surface area contributed by atoms with Gasteiger partial charge < -0.3 is 4.79 Å². The number of allylic oxidation sites excluding steroid dienone is 1. The Balaban J connectivity index is 3.87. The van der Waals surface area contributed by atoms with Gasteiger partial charge in [-0.3, -0.25) is 0 Å². The average Bonchev–Trinajstić information content (AvgIpc) is 1.98. The third-order valence-corrected chi connectivity index (χ3v) is 2.29. The van der Waals surface area contributed by atoms with Crippen LogP contribution in [-0.4, -0.2) is 6.29 Å². The smallest absolute Gasteiger partial charge is 0.122 e. The molecule has 0 spiro atoms. The summed E-state index contributed by atoms with van der Waals surface area (Å²) in [6, 6.07) is 0. The first-order valence-corrected chi connectivity index (χ1v) is 4.97. The molecule has 0 aliphatic carbocycles. The highest BCUT2D eigenvalue weighted by molar-refractivity contribution is 5.52. The molecule has 0 bridgehead atoms. The van der Waals surface area contributed by atoms with Gasteiger partial charge in [-0.05, 0) is 31.6 Å². The Hall–Kier alpha value is -0.590. The quantitative estimate of drug-likeness (QED) is 0.453. The minimum atomic E-state index is 0.199. The first-order chi connectivity index (χ1) is 5.87. The van der Waals surface area contributed by atoms with Gasteiger partial charge >= 0.3 is 0 Å². The second-order valence-corrected chi connectivity index (χ2v) is 4.95. The van der Waals surface area contributed by atoms with Gasteiger partial charge in [0, 0.05) is 5.92 Å². The van der Waals surface area contributed by atoms with Crippen molar-refractivity contribution in [3.05, 3.63) is 12.2 Å². The number of hydrogen-bond donors (Lipinski definition) is 0. The maximum absolute atomic E-state index is 10.4. The van der Waals surface area contributed by atoms with E-state index in [9.17, 15) is 4.79 Å². The van der Waals surface area contributed by atoms with Crippen LogP contribution in [0.25, 0.3) is 0 Å². The zero-order valence-corrected chi connectivity index (χ0v) is 9.39. The third-order valence-electron chi connectivity index (χ3n) is 2.29. The van der Waals surface area contributed by atoms with Gasteiger partial charge in [0.1, 0.15) is 6.29 Å². The van der Waals surface area contributed by atoms with Gasteiger partial charge in [0.25, 0.3) is 0 Å². The second kappa shape index (κ2) is 5.21. The van der Waals surface area contributed by atoms with Crippen LogP contribution in [0.5, 0.6) is 0 Å². The van der Waals surface area contributed by atoms with E-state index in [2.05, 4.69) is 27.4 Å². The van der Waals surface area contributed by atoms with E-state index >= 15 is 0 Å². The molecule has 0 saturated carbocycles. The Morgan fingerprint density at radius 3 is 2.46 bits per heavy atom. The summed E-state index contributed by atoms with van der Waals surface area (Å²) in [5.74, 6) is 0.199. The molecule has 76 valence electrons. The van der Waals surface area contributed by atoms with Crippen molar-refractivity contribution in [1.29, 1.82) is 0 Å². The van der Waals surface area contributed by atoms with E-state index in [0.29, 0.717) is 5.41 Å². The lowest BCUT2D eigenvalue weighted by Crippen LogP contribution is -2.13. The highest BCUT2D eigenvalue weighted by Gasteiger charge is 2.18. The average molecular weight is 182 g/mol. The molecule has 0 aromatic heterocycles. The summed E-state index contributed by atoms with van der Waals surface area (Å²) < 4.78 is 0. The van der Waals surface area contributed by atoms with Crippen LogP contribution in [0, 0.1) is 11.3 Å². The molecule has 0 amide bonds. The van der Waals surface area contributed by atoms with Crippen molar-refractivity contribution in [2.45, 2.75) is 47.0 Å². The molecule has 0 saturated heterocycles. The SMILES string of the molecule is C=C(C)CC(C)(C)CCC(C)C=O. The maximum atomic E-state index is 10.4. The molecule has 0 fully saturated rings. The van der Waals surface area contributed by atoms with Crippen molar-refractivity contribution in [2.75, 3.05) is 0 Å². The van der Waals surface area contributed by atoms with Gasteiger partial charge in [-0.1, -0.05) is 26.3 Å². The highest BCUT2D eigenvalue weighted by atomic mass is 16.1. The van der Waals surface area contributed by atoms with Crippen molar-refractivity contribution < 1.29 is 4.79 Å². The molecular formula is C12H22O. The molecule has 1 atom stereocenters. The van der Waals surface area contributed by atoms with Crippen LogP contribution in [0.3, 0.4) is 0 Å². The van der Waals surface area contributed by atoms with Crippen LogP contribution in [-0.2, 0) is 4.79 Å². The molecule has 0 aliphatic heterocycles. The normalized spacial score (nSPS) is 13.8. The van der Waals surface area contributed by atoms with Crippen LogP contribution < -0.4 is 0 Å². The summed E-state index contributed by atoms with van der Waals surface area (Å²) in [5.41, 5.74) is 1.52. The van der Waals surface area contributed by atoms with Crippen LogP contribution >= 0.6 is 0 Å². The molecule has 1 unspecified atom stereocenters. The molecule has 0 N–H and O–H groups in total. The maximum Gasteiger partial charge on any atom is 0.122 e. The Labute approximate surface area is 82.2 Å². The Kier molecular flexibility index (Phi) is 4.97. The van der Waals surface area contributed by atoms with E-state index in [4.69, 9.17) is 0 Å². The van der Waals surface area contributed by atoms with Crippen LogP contribution in [0.15, 0.2) is 12.2 Å². The molecule has 0 aromatic rings. The minimum Gasteiger partial charge on any atom is -0.303 e. The number of aldehydes is 1. The lowest BCUT2D eigenvalue weighted by atomic mass is 9.80. The van der Waals surface area contributed by atoms with Crippen molar-refractivity contribution in [3.8, 4) is 0 Å². The second-order valence-electron chi connectivity index (χ2n) is 4.95. The molecule has 13 heavy (non-hydrogen) atoms. The van der Waals surface area contributed by atoms with E-state index < -0.39 is 0 Å². The summed E-state index contributed by atoms with van der Waals surface area (Å²) in [6.07, 6.45) is 4.18. The first kappa shape index (κ1) is 12.4. The van der Waals surface area contributed by atoms with Gasteiger partial charge in [-0.15, -0.1) is 6.58 Å². The predicted octanol–water partition coefficient (Wildman–Crippen LogP) is 3.59. The van der Waals surface area contributed by atoms with Crippen molar-refractivity contribution >= 4 is 6.29 Å². The van der Waals surface area contributed by atoms with Crippen molar-refractivity contribution in [2.24, 2.45) is 11.3 Å². The first-order valence-electron chi connectivity index (χ1n) is 4.97. The summed E-state index contributed by atoms with van der Waals surface area (Å²) in [6.45, 7) is 12.4. The number of hydrogen-bond acceptors (Lipinski definition) is 1. The van der Waals surface area contributed by atoms with Gasteiger partial charge in [-0.2, -0.15) is 0 Å². The molecular weight excluding hydrogens is 160 g/mol. The van der Waals surface area contributed by atoms with Crippen molar-refractivity contribution in [3.63, 3.8) is 0 Å². The van der Waals surface area contributed by atoms with Gasteiger partial charge in [0.05, 0.1) is 0 Å². The van der Waals surface area contributed by atoms with E-state index in [1.54, 1.807) is 0 Å². The number of carbonyl (C=O) groups excluding carboxylic acids is 1. The van der Waals surface area contributed by atoms with E-state index in [1.807, 2.05) is 6.92 Å². The molecule has 0 aromatic carbocycles. The number of rotatable bonds is 6. The van der Waals surface area contributed by atoms with Crippen LogP contribution in [0.4, 0.5) is 0 Å². The molecule has 0 aliphatic rings. The lowest BCUT2D eigenvalue weighted by Gasteiger charge is -2.25. The lowest BCUT2D eigenvalue weighted by molar-refractivity contribution is -0.110. The minimum absolute atomic E-state index is 0.199. The third kappa shape index (κ3) is 6.56. The van der Waals surface area contributed by atoms with Crippen molar-refractivity contribution in [1.82, 2.24) is 0 Å². The Morgan fingerprint density at radius 1 is 1.54 bits per heavy atom. The fourth-order valence-electron chi connectivity index (χ4n) is 1.59. The predicted molar refractivity (Wildman–Crippen MR) is 57.7 cm³/mol. The Bertz CT molecular complexity index is 180. The highest BCUT2D eigenvalue weighted by Crippen LogP contribution is 2.30. The summed E-state index contributed by atoms with van der Waals surface area (Å²) in [7, 11) is 0. The number of carbonyl (C=O) groups is 1. The zero-order valence-electron chi connectivity index (χ0n) is 9.39. The van der Waals surface area contributed by atoms with E-state index in [-0.39, 0.29) is 5.92 Å². The fourth-order valence-corrected chi connectivity index (χ4v) is 1.59.